The molecule has 0 saturated heterocycles. The highest BCUT2D eigenvalue weighted by atomic mass is 15.3. The maximum atomic E-state index is 4.07. The molecule has 2 aromatic heterocycles. The first-order valence-electron chi connectivity index (χ1n) is 4.35. The van der Waals surface area contributed by atoms with E-state index in [9.17, 15) is 0 Å². The highest BCUT2D eigenvalue weighted by Crippen LogP contribution is 1.95. The van der Waals surface area contributed by atoms with Crippen LogP contribution in [0.15, 0.2) is 12.3 Å². The van der Waals surface area contributed by atoms with Gasteiger partial charge in [-0.15, -0.1) is 0 Å². The number of hydrogen-bond acceptors (Lipinski definition) is 2. The third kappa shape index (κ3) is 3.05. The number of hydrogen-bond donors (Lipinski definition) is 0. The average Bonchev–Trinajstić information content (AvgIpc) is 2.65. The number of nitrogens with zero attached hydrogens (tertiary/aromatic N) is 4. The Bertz CT molecular complexity index is 353. The van der Waals surface area contributed by atoms with Crippen molar-refractivity contribution >= 4 is 0 Å². The highest BCUT2D eigenvalue weighted by Gasteiger charge is 1.92. The molecule has 0 atom stereocenters. The third-order valence-corrected chi connectivity index (χ3v) is 1.72. The van der Waals surface area contributed by atoms with Crippen molar-refractivity contribution in [2.24, 2.45) is 14.1 Å². The summed E-state index contributed by atoms with van der Waals surface area (Å²) >= 11 is 0. The Morgan fingerprint density at radius 1 is 1.29 bits per heavy atom. The molecule has 2 rings (SSSR count). The average molecular weight is 190 g/mol. The minimum atomic E-state index is 0.963. The first-order valence-corrected chi connectivity index (χ1v) is 4.35. The fraction of sp³-hybridized carbons (Fsp3) is 0.400. The van der Waals surface area contributed by atoms with Crippen molar-refractivity contribution in [1.29, 1.82) is 0 Å². The molecule has 0 unspecified atom stereocenters. The largest absolute Gasteiger partial charge is 0.272 e. The van der Waals surface area contributed by atoms with Crippen molar-refractivity contribution < 1.29 is 0 Å². The predicted molar refractivity (Wildman–Crippen MR) is 53.6 cm³/mol. The zero-order valence-corrected chi connectivity index (χ0v) is 8.94. The zero-order valence-electron chi connectivity index (χ0n) is 8.94. The van der Waals surface area contributed by atoms with Crippen LogP contribution in [0.1, 0.15) is 11.4 Å². The molecule has 0 N–H and O–H groups in total. The van der Waals surface area contributed by atoms with E-state index in [1.54, 1.807) is 16.9 Å². The van der Waals surface area contributed by atoms with Crippen molar-refractivity contribution in [1.82, 2.24) is 19.6 Å². The Morgan fingerprint density at radius 2 is 2.00 bits per heavy atom. The first kappa shape index (κ1) is 10.5. The van der Waals surface area contributed by atoms with Crippen LogP contribution in [-0.4, -0.2) is 19.6 Å². The van der Waals surface area contributed by atoms with E-state index in [4.69, 9.17) is 0 Å². The van der Waals surface area contributed by atoms with E-state index in [1.807, 2.05) is 32.6 Å². The van der Waals surface area contributed by atoms with Gasteiger partial charge >= 0.3 is 0 Å². The van der Waals surface area contributed by atoms with E-state index in [-0.39, 0.29) is 0 Å². The fourth-order valence-corrected chi connectivity index (χ4v) is 0.976. The molecule has 0 saturated carbocycles. The summed E-state index contributed by atoms with van der Waals surface area (Å²) in [7, 11) is 3.75. The fourth-order valence-electron chi connectivity index (χ4n) is 0.976. The minimum absolute atomic E-state index is 0.963. The van der Waals surface area contributed by atoms with Gasteiger partial charge in [0.1, 0.15) is 0 Å². The van der Waals surface area contributed by atoms with Crippen LogP contribution in [0.2, 0.25) is 0 Å². The third-order valence-electron chi connectivity index (χ3n) is 1.72. The molecule has 2 radical (unpaired) electrons. The van der Waals surface area contributed by atoms with Crippen molar-refractivity contribution in [2.45, 2.75) is 13.8 Å². The summed E-state index contributed by atoms with van der Waals surface area (Å²) in [5, 5.41) is 7.85. The molecular weight excluding hydrogens is 176 g/mol. The zero-order chi connectivity index (χ0) is 10.6. The summed E-state index contributed by atoms with van der Waals surface area (Å²) in [4.78, 5) is 0. The SMILES string of the molecule is Cc1[c]c(C)n(C)n1.Cn1[c]ccn1. The molecule has 4 heteroatoms. The maximum Gasteiger partial charge on any atom is 0.0859 e. The van der Waals surface area contributed by atoms with Crippen LogP contribution in [0.3, 0.4) is 0 Å². The lowest BCUT2D eigenvalue weighted by atomic mass is 10.4. The molecule has 2 heterocycles. The molecule has 0 bridgehead atoms. The second kappa shape index (κ2) is 4.60. The van der Waals surface area contributed by atoms with Gasteiger partial charge in [0.2, 0.25) is 0 Å². The Labute approximate surface area is 84.2 Å². The second-order valence-electron chi connectivity index (χ2n) is 3.00. The van der Waals surface area contributed by atoms with Gasteiger partial charge in [0, 0.05) is 32.1 Å². The molecule has 0 amide bonds. The summed E-state index contributed by atoms with van der Waals surface area (Å²) in [6.45, 7) is 3.92. The standard InChI is InChI=1S/C6H9N2.C4H5N2/c1-5-4-6(2)8(3)7-5;1-6-4-2-3-5-6/h1-3H3;2-3H,1H3. The Balaban J connectivity index is 0.000000146. The van der Waals surface area contributed by atoms with E-state index in [2.05, 4.69) is 22.5 Å². The summed E-state index contributed by atoms with van der Waals surface area (Å²) in [6, 6.07) is 4.82. The number of aromatic nitrogens is 4. The van der Waals surface area contributed by atoms with Gasteiger partial charge in [-0.2, -0.15) is 10.2 Å². The molecule has 0 aliphatic heterocycles. The molecule has 2 aromatic rings. The summed E-state index contributed by atoms with van der Waals surface area (Å²) in [5.41, 5.74) is 2.05. The van der Waals surface area contributed by atoms with Crippen LogP contribution in [0, 0.1) is 26.1 Å². The van der Waals surface area contributed by atoms with E-state index in [1.165, 1.54) is 0 Å². The van der Waals surface area contributed by atoms with Gasteiger partial charge in [0.25, 0.3) is 0 Å². The maximum absolute atomic E-state index is 4.07. The van der Waals surface area contributed by atoms with Gasteiger partial charge < -0.3 is 0 Å². The van der Waals surface area contributed by atoms with Gasteiger partial charge in [-0.05, 0) is 19.9 Å². The lowest BCUT2D eigenvalue weighted by molar-refractivity contribution is 0.731. The second-order valence-corrected chi connectivity index (χ2v) is 3.00. The van der Waals surface area contributed by atoms with Gasteiger partial charge in [-0.3, -0.25) is 9.36 Å². The molecule has 74 valence electrons. The van der Waals surface area contributed by atoms with Crippen LogP contribution in [-0.2, 0) is 14.1 Å². The minimum Gasteiger partial charge on any atom is -0.272 e. The van der Waals surface area contributed by atoms with Gasteiger partial charge in [-0.1, -0.05) is 0 Å². The van der Waals surface area contributed by atoms with Crippen molar-refractivity contribution in [3.05, 3.63) is 35.9 Å². The Morgan fingerprint density at radius 3 is 2.14 bits per heavy atom. The quantitative estimate of drug-likeness (QED) is 0.622. The van der Waals surface area contributed by atoms with Crippen molar-refractivity contribution in [3.8, 4) is 0 Å². The van der Waals surface area contributed by atoms with Crippen molar-refractivity contribution in [3.63, 3.8) is 0 Å². The predicted octanol–water partition coefficient (Wildman–Crippen LogP) is 1.06. The summed E-state index contributed by atoms with van der Waals surface area (Å²) in [5.74, 6) is 0. The normalized spacial score (nSPS) is 9.43. The topological polar surface area (TPSA) is 35.6 Å². The monoisotopic (exact) mass is 190 g/mol. The molecule has 0 aliphatic rings. The van der Waals surface area contributed by atoms with Gasteiger partial charge in [0.15, 0.2) is 0 Å². The molecule has 0 fully saturated rings. The van der Waals surface area contributed by atoms with Crippen LogP contribution in [0.4, 0.5) is 0 Å². The van der Waals surface area contributed by atoms with Crippen molar-refractivity contribution in [2.75, 3.05) is 0 Å². The molecule has 14 heavy (non-hydrogen) atoms. The molecule has 0 aliphatic carbocycles. The van der Waals surface area contributed by atoms with Crippen LogP contribution >= 0.6 is 0 Å². The number of rotatable bonds is 0. The Kier molecular flexibility index (Phi) is 3.45. The summed E-state index contributed by atoms with van der Waals surface area (Å²) < 4.78 is 3.44. The highest BCUT2D eigenvalue weighted by molar-refractivity contribution is 5.02. The van der Waals surface area contributed by atoms with Crippen LogP contribution < -0.4 is 0 Å². The first-order chi connectivity index (χ1) is 6.59. The van der Waals surface area contributed by atoms with E-state index in [0.29, 0.717) is 0 Å². The molecular formula is C10H14N4. The van der Waals surface area contributed by atoms with E-state index < -0.39 is 0 Å². The van der Waals surface area contributed by atoms with Gasteiger partial charge in [-0.25, -0.2) is 0 Å². The smallest absolute Gasteiger partial charge is 0.0859 e. The van der Waals surface area contributed by atoms with Crippen LogP contribution in [0.25, 0.3) is 0 Å². The van der Waals surface area contributed by atoms with E-state index >= 15 is 0 Å². The lowest BCUT2D eigenvalue weighted by Gasteiger charge is -1.87. The molecule has 0 spiro atoms. The summed E-state index contributed by atoms with van der Waals surface area (Å²) in [6.07, 6.45) is 4.50. The molecule has 4 nitrogen and oxygen atoms in total. The number of aryl methyl sites for hydroxylation is 4. The Hall–Kier alpha value is -1.58. The van der Waals surface area contributed by atoms with Crippen LogP contribution in [0.5, 0.6) is 0 Å². The van der Waals surface area contributed by atoms with Gasteiger partial charge in [0.05, 0.1) is 11.9 Å². The lowest BCUT2D eigenvalue weighted by Crippen LogP contribution is -1.91. The van der Waals surface area contributed by atoms with E-state index in [0.717, 1.165) is 11.4 Å². The molecule has 0 aromatic carbocycles.